The van der Waals surface area contributed by atoms with E-state index in [4.69, 9.17) is 11.6 Å². The summed E-state index contributed by atoms with van der Waals surface area (Å²) in [5.74, 6) is 0. The molecule has 1 atom stereocenters. The van der Waals surface area contributed by atoms with Crippen LogP contribution in [0.25, 0.3) is 0 Å². The fourth-order valence-corrected chi connectivity index (χ4v) is 2.06. The van der Waals surface area contributed by atoms with Crippen LogP contribution < -0.4 is 5.32 Å². The molecule has 0 saturated carbocycles. The molecule has 1 aliphatic heterocycles. The number of hydrogen-bond acceptors (Lipinski definition) is 2. The number of nitrogens with one attached hydrogen (secondary N) is 1. The van der Waals surface area contributed by atoms with Gasteiger partial charge in [-0.2, -0.15) is 0 Å². The molecule has 1 aromatic rings. The first-order chi connectivity index (χ1) is 6.86. The van der Waals surface area contributed by atoms with Crippen molar-refractivity contribution in [1.82, 2.24) is 10.3 Å². The fourth-order valence-electron chi connectivity index (χ4n) is 1.89. The zero-order chi connectivity index (χ0) is 9.80. The number of aromatic nitrogens is 1. The summed E-state index contributed by atoms with van der Waals surface area (Å²) in [4.78, 5) is 4.36. The van der Waals surface area contributed by atoms with Gasteiger partial charge in [-0.3, -0.25) is 4.98 Å². The Labute approximate surface area is 89.7 Å². The summed E-state index contributed by atoms with van der Waals surface area (Å²) < 4.78 is 0. The van der Waals surface area contributed by atoms with Crippen LogP contribution in [0.15, 0.2) is 18.3 Å². The lowest BCUT2D eigenvalue weighted by Crippen LogP contribution is -2.21. The highest BCUT2D eigenvalue weighted by Gasteiger charge is 2.14. The van der Waals surface area contributed by atoms with Gasteiger partial charge in [0.25, 0.3) is 0 Å². The van der Waals surface area contributed by atoms with Crippen molar-refractivity contribution in [2.24, 2.45) is 0 Å². The highest BCUT2D eigenvalue weighted by molar-refractivity contribution is 6.30. The Morgan fingerprint density at radius 2 is 2.29 bits per heavy atom. The van der Waals surface area contributed by atoms with Gasteiger partial charge in [0, 0.05) is 17.3 Å². The second kappa shape index (κ2) is 4.76. The standard InChI is InChI=1S/C11H15ClN2/c12-9-5-7-14-11(8-9)10-4-2-1-3-6-13-10/h5,7-8,10,13H,1-4,6H2. The third-order valence-electron chi connectivity index (χ3n) is 2.66. The summed E-state index contributed by atoms with van der Waals surface area (Å²) >= 11 is 5.94. The maximum atomic E-state index is 5.94. The minimum Gasteiger partial charge on any atom is -0.309 e. The van der Waals surface area contributed by atoms with Crippen molar-refractivity contribution >= 4 is 11.6 Å². The average Bonchev–Trinajstić information content (AvgIpc) is 2.45. The third-order valence-corrected chi connectivity index (χ3v) is 2.90. The molecule has 0 bridgehead atoms. The van der Waals surface area contributed by atoms with Crippen molar-refractivity contribution in [2.45, 2.75) is 31.7 Å². The van der Waals surface area contributed by atoms with E-state index in [-0.39, 0.29) is 0 Å². The molecular formula is C11H15ClN2. The molecule has 0 radical (unpaired) electrons. The van der Waals surface area contributed by atoms with Crippen LogP contribution in [-0.4, -0.2) is 11.5 Å². The first kappa shape index (κ1) is 9.94. The van der Waals surface area contributed by atoms with E-state index in [0.717, 1.165) is 17.3 Å². The van der Waals surface area contributed by atoms with Crippen LogP contribution >= 0.6 is 11.6 Å². The molecule has 1 saturated heterocycles. The van der Waals surface area contributed by atoms with Crippen LogP contribution in [0.1, 0.15) is 37.4 Å². The van der Waals surface area contributed by atoms with Crippen molar-refractivity contribution in [3.8, 4) is 0 Å². The number of halogens is 1. The van der Waals surface area contributed by atoms with Gasteiger partial charge in [-0.1, -0.05) is 24.4 Å². The van der Waals surface area contributed by atoms with Gasteiger partial charge in [-0.25, -0.2) is 0 Å². The zero-order valence-electron chi connectivity index (χ0n) is 8.17. The lowest BCUT2D eigenvalue weighted by atomic mass is 10.1. The Balaban J connectivity index is 2.12. The second-order valence-electron chi connectivity index (χ2n) is 3.75. The molecule has 1 unspecified atom stereocenters. The zero-order valence-corrected chi connectivity index (χ0v) is 8.93. The highest BCUT2D eigenvalue weighted by atomic mass is 35.5. The van der Waals surface area contributed by atoms with Crippen LogP contribution in [-0.2, 0) is 0 Å². The maximum absolute atomic E-state index is 5.94. The van der Waals surface area contributed by atoms with E-state index in [9.17, 15) is 0 Å². The quantitative estimate of drug-likeness (QED) is 0.771. The molecular weight excluding hydrogens is 196 g/mol. The summed E-state index contributed by atoms with van der Waals surface area (Å²) in [6.07, 6.45) is 6.84. The molecule has 0 aliphatic carbocycles. The largest absolute Gasteiger partial charge is 0.309 e. The number of pyridine rings is 1. The molecule has 1 fully saturated rings. The van der Waals surface area contributed by atoms with Gasteiger partial charge < -0.3 is 5.32 Å². The normalized spacial score (nSPS) is 23.1. The van der Waals surface area contributed by atoms with E-state index in [1.54, 1.807) is 6.20 Å². The Bertz CT molecular complexity index is 293. The maximum Gasteiger partial charge on any atom is 0.0587 e. The summed E-state index contributed by atoms with van der Waals surface area (Å²) in [6, 6.07) is 4.18. The molecule has 3 heteroatoms. The van der Waals surface area contributed by atoms with Gasteiger partial charge >= 0.3 is 0 Å². The summed E-state index contributed by atoms with van der Waals surface area (Å²) in [5, 5.41) is 4.28. The van der Waals surface area contributed by atoms with Crippen molar-refractivity contribution in [3.63, 3.8) is 0 Å². The summed E-state index contributed by atoms with van der Waals surface area (Å²) in [6.45, 7) is 1.10. The van der Waals surface area contributed by atoms with Gasteiger partial charge in [0.05, 0.1) is 5.69 Å². The minimum atomic E-state index is 0.399. The first-order valence-electron chi connectivity index (χ1n) is 5.21. The third kappa shape index (κ3) is 2.46. The lowest BCUT2D eigenvalue weighted by molar-refractivity contribution is 0.522. The van der Waals surface area contributed by atoms with Crippen LogP contribution in [0, 0.1) is 0 Å². The average molecular weight is 211 g/mol. The van der Waals surface area contributed by atoms with Crippen LogP contribution in [0.3, 0.4) is 0 Å². The summed E-state index contributed by atoms with van der Waals surface area (Å²) in [7, 11) is 0. The number of nitrogens with zero attached hydrogens (tertiary/aromatic N) is 1. The molecule has 1 aliphatic rings. The van der Waals surface area contributed by atoms with E-state index in [0.29, 0.717) is 6.04 Å². The van der Waals surface area contributed by atoms with Gasteiger partial charge in [0.2, 0.25) is 0 Å². The van der Waals surface area contributed by atoms with Gasteiger partial charge in [-0.05, 0) is 31.5 Å². The van der Waals surface area contributed by atoms with Crippen LogP contribution in [0.5, 0.6) is 0 Å². The molecule has 0 amide bonds. The van der Waals surface area contributed by atoms with Crippen molar-refractivity contribution in [2.75, 3.05) is 6.54 Å². The van der Waals surface area contributed by atoms with Crippen molar-refractivity contribution in [3.05, 3.63) is 29.0 Å². The number of hydrogen-bond donors (Lipinski definition) is 1. The van der Waals surface area contributed by atoms with Crippen molar-refractivity contribution in [1.29, 1.82) is 0 Å². The molecule has 2 rings (SSSR count). The smallest absolute Gasteiger partial charge is 0.0587 e. The van der Waals surface area contributed by atoms with Gasteiger partial charge in [-0.15, -0.1) is 0 Å². The monoisotopic (exact) mass is 210 g/mol. The van der Waals surface area contributed by atoms with Crippen LogP contribution in [0.2, 0.25) is 5.02 Å². The Morgan fingerprint density at radius 1 is 1.36 bits per heavy atom. The molecule has 1 aromatic heterocycles. The molecule has 76 valence electrons. The fraction of sp³-hybridized carbons (Fsp3) is 0.545. The second-order valence-corrected chi connectivity index (χ2v) is 4.19. The molecule has 14 heavy (non-hydrogen) atoms. The van der Waals surface area contributed by atoms with E-state index in [2.05, 4.69) is 10.3 Å². The highest BCUT2D eigenvalue weighted by Crippen LogP contribution is 2.22. The van der Waals surface area contributed by atoms with Gasteiger partial charge in [0.1, 0.15) is 0 Å². The minimum absolute atomic E-state index is 0.399. The molecule has 2 heterocycles. The van der Waals surface area contributed by atoms with E-state index >= 15 is 0 Å². The topological polar surface area (TPSA) is 24.9 Å². The predicted octanol–water partition coefficient (Wildman–Crippen LogP) is 2.94. The van der Waals surface area contributed by atoms with Gasteiger partial charge in [0.15, 0.2) is 0 Å². The molecule has 1 N–H and O–H groups in total. The first-order valence-corrected chi connectivity index (χ1v) is 5.59. The number of rotatable bonds is 1. The van der Waals surface area contributed by atoms with E-state index in [1.807, 2.05) is 12.1 Å². The Morgan fingerprint density at radius 3 is 3.14 bits per heavy atom. The molecule has 0 spiro atoms. The Kier molecular flexibility index (Phi) is 3.38. The van der Waals surface area contributed by atoms with Crippen LogP contribution in [0.4, 0.5) is 0 Å². The SMILES string of the molecule is Clc1ccnc(C2CCCCCN2)c1. The Hall–Kier alpha value is -0.600. The molecule has 0 aromatic carbocycles. The predicted molar refractivity (Wildman–Crippen MR) is 58.5 cm³/mol. The van der Waals surface area contributed by atoms with E-state index < -0.39 is 0 Å². The van der Waals surface area contributed by atoms with E-state index in [1.165, 1.54) is 25.7 Å². The van der Waals surface area contributed by atoms with Crippen molar-refractivity contribution < 1.29 is 0 Å². The summed E-state index contributed by atoms with van der Waals surface area (Å²) in [5.41, 5.74) is 1.08. The molecule has 2 nitrogen and oxygen atoms in total. The lowest BCUT2D eigenvalue weighted by Gasteiger charge is -2.14.